The SMILES string of the molecule is O=C(O)CCC1CCCN(C(=O)c2ccccc2OC(F)F)C1. The summed E-state index contributed by atoms with van der Waals surface area (Å²) in [6, 6.07) is 5.92. The lowest BCUT2D eigenvalue weighted by Crippen LogP contribution is -2.40. The van der Waals surface area contributed by atoms with Crippen molar-refractivity contribution in [3.05, 3.63) is 29.8 Å². The lowest BCUT2D eigenvalue weighted by molar-refractivity contribution is -0.137. The van der Waals surface area contributed by atoms with Gasteiger partial charge in [0.05, 0.1) is 5.56 Å². The molecule has 0 saturated carbocycles. The molecule has 1 unspecified atom stereocenters. The topological polar surface area (TPSA) is 66.8 Å². The number of rotatable bonds is 6. The van der Waals surface area contributed by atoms with Gasteiger partial charge in [-0.3, -0.25) is 9.59 Å². The van der Waals surface area contributed by atoms with Crippen LogP contribution >= 0.6 is 0 Å². The van der Waals surface area contributed by atoms with Crippen molar-refractivity contribution >= 4 is 11.9 Å². The van der Waals surface area contributed by atoms with E-state index in [9.17, 15) is 18.4 Å². The Hall–Kier alpha value is -2.18. The van der Waals surface area contributed by atoms with Crippen LogP contribution in [0.3, 0.4) is 0 Å². The number of hydrogen-bond acceptors (Lipinski definition) is 3. The Balaban J connectivity index is 2.06. The number of carbonyl (C=O) groups is 2. The highest BCUT2D eigenvalue weighted by molar-refractivity contribution is 5.97. The van der Waals surface area contributed by atoms with Crippen LogP contribution in [0.2, 0.25) is 0 Å². The highest BCUT2D eigenvalue weighted by Gasteiger charge is 2.27. The van der Waals surface area contributed by atoms with Gasteiger partial charge in [0.25, 0.3) is 5.91 Å². The van der Waals surface area contributed by atoms with E-state index < -0.39 is 12.6 Å². The molecule has 2 rings (SSSR count). The smallest absolute Gasteiger partial charge is 0.387 e. The molecule has 1 amide bonds. The first-order valence-corrected chi connectivity index (χ1v) is 7.52. The minimum absolute atomic E-state index is 0.0672. The van der Waals surface area contributed by atoms with Crippen LogP contribution in [0.5, 0.6) is 5.75 Å². The third-order valence-corrected chi connectivity index (χ3v) is 3.91. The molecule has 1 atom stereocenters. The average Bonchev–Trinajstić information content (AvgIpc) is 2.52. The maximum absolute atomic E-state index is 12.6. The number of likely N-dealkylation sites (tertiary alicyclic amines) is 1. The van der Waals surface area contributed by atoms with Gasteiger partial charge in [-0.15, -0.1) is 0 Å². The monoisotopic (exact) mass is 327 g/mol. The van der Waals surface area contributed by atoms with E-state index in [1.54, 1.807) is 11.0 Å². The number of alkyl halides is 2. The number of piperidine rings is 1. The van der Waals surface area contributed by atoms with Gasteiger partial charge in [0.1, 0.15) is 5.75 Å². The number of carbonyl (C=O) groups excluding carboxylic acids is 1. The fraction of sp³-hybridized carbons (Fsp3) is 0.500. The number of hydrogen-bond donors (Lipinski definition) is 1. The van der Waals surface area contributed by atoms with Crippen LogP contribution in [0.1, 0.15) is 36.0 Å². The van der Waals surface area contributed by atoms with Gasteiger partial charge in [-0.1, -0.05) is 12.1 Å². The summed E-state index contributed by atoms with van der Waals surface area (Å²) in [4.78, 5) is 24.8. The van der Waals surface area contributed by atoms with E-state index in [0.717, 1.165) is 12.8 Å². The number of carboxylic acid groups (broad SMARTS) is 1. The van der Waals surface area contributed by atoms with Gasteiger partial charge in [-0.05, 0) is 37.3 Å². The molecule has 0 spiro atoms. The van der Waals surface area contributed by atoms with Gasteiger partial charge >= 0.3 is 12.6 Å². The number of benzene rings is 1. The molecule has 1 saturated heterocycles. The van der Waals surface area contributed by atoms with Gasteiger partial charge in [0.2, 0.25) is 0 Å². The van der Waals surface area contributed by atoms with Gasteiger partial charge in [0.15, 0.2) is 0 Å². The quantitative estimate of drug-likeness (QED) is 0.872. The minimum Gasteiger partial charge on any atom is -0.481 e. The van der Waals surface area contributed by atoms with Gasteiger partial charge < -0.3 is 14.7 Å². The number of aliphatic carboxylic acids is 1. The largest absolute Gasteiger partial charge is 0.481 e. The summed E-state index contributed by atoms with van der Waals surface area (Å²) in [6.07, 6.45) is 2.21. The molecule has 1 fully saturated rings. The van der Waals surface area contributed by atoms with Crippen molar-refractivity contribution in [3.8, 4) is 5.75 Å². The first kappa shape index (κ1) is 17.2. The van der Waals surface area contributed by atoms with E-state index in [1.807, 2.05) is 0 Å². The predicted molar refractivity (Wildman–Crippen MR) is 78.6 cm³/mol. The summed E-state index contributed by atoms with van der Waals surface area (Å²) >= 11 is 0. The summed E-state index contributed by atoms with van der Waals surface area (Å²) in [5, 5.41) is 8.75. The molecule has 0 aliphatic carbocycles. The number of halogens is 2. The molecule has 1 aromatic carbocycles. The lowest BCUT2D eigenvalue weighted by atomic mass is 9.93. The first-order valence-electron chi connectivity index (χ1n) is 7.52. The molecule has 1 heterocycles. The fourth-order valence-electron chi connectivity index (χ4n) is 2.83. The van der Waals surface area contributed by atoms with E-state index in [-0.39, 0.29) is 29.6 Å². The summed E-state index contributed by atoms with van der Waals surface area (Å²) in [7, 11) is 0. The van der Waals surface area contributed by atoms with Gasteiger partial charge in [0, 0.05) is 19.5 Å². The normalized spacial score (nSPS) is 18.0. The van der Waals surface area contributed by atoms with E-state index >= 15 is 0 Å². The molecular weight excluding hydrogens is 308 g/mol. The molecule has 0 aromatic heterocycles. The van der Waals surface area contributed by atoms with E-state index in [4.69, 9.17) is 5.11 Å². The summed E-state index contributed by atoms with van der Waals surface area (Å²) < 4.78 is 29.3. The first-order chi connectivity index (χ1) is 11.0. The van der Waals surface area contributed by atoms with Crippen molar-refractivity contribution in [2.75, 3.05) is 13.1 Å². The standard InChI is InChI=1S/C16H19F2NO4/c17-16(18)23-13-6-2-1-5-12(13)15(22)19-9-3-4-11(10-19)7-8-14(20)21/h1-2,5-6,11,16H,3-4,7-10H2,(H,20,21). The number of para-hydroxylation sites is 1. The molecule has 126 valence electrons. The fourth-order valence-corrected chi connectivity index (χ4v) is 2.83. The second-order valence-electron chi connectivity index (χ2n) is 5.57. The van der Waals surface area contributed by atoms with Crippen LogP contribution in [0.25, 0.3) is 0 Å². The van der Waals surface area contributed by atoms with Crippen molar-refractivity contribution in [2.45, 2.75) is 32.3 Å². The highest BCUT2D eigenvalue weighted by atomic mass is 19.3. The van der Waals surface area contributed by atoms with Gasteiger partial charge in [-0.2, -0.15) is 8.78 Å². The van der Waals surface area contributed by atoms with Gasteiger partial charge in [-0.25, -0.2) is 0 Å². The highest BCUT2D eigenvalue weighted by Crippen LogP contribution is 2.26. The zero-order chi connectivity index (χ0) is 16.8. The van der Waals surface area contributed by atoms with Crippen LogP contribution in [0.15, 0.2) is 24.3 Å². The van der Waals surface area contributed by atoms with Crippen molar-refractivity contribution in [2.24, 2.45) is 5.92 Å². The Morgan fingerprint density at radius 1 is 1.35 bits per heavy atom. The Labute approximate surface area is 132 Å². The average molecular weight is 327 g/mol. The van der Waals surface area contributed by atoms with Crippen LogP contribution in [-0.4, -0.2) is 41.6 Å². The Kier molecular flexibility index (Phi) is 5.90. The van der Waals surface area contributed by atoms with Crippen LogP contribution in [-0.2, 0) is 4.79 Å². The molecule has 23 heavy (non-hydrogen) atoms. The minimum atomic E-state index is -2.99. The zero-order valence-corrected chi connectivity index (χ0v) is 12.6. The predicted octanol–water partition coefficient (Wildman–Crippen LogP) is 3.01. The number of ether oxygens (including phenoxy) is 1. The van der Waals surface area contributed by atoms with Crippen molar-refractivity contribution < 1.29 is 28.2 Å². The van der Waals surface area contributed by atoms with E-state index in [0.29, 0.717) is 19.5 Å². The molecule has 1 aliphatic heterocycles. The van der Waals surface area contributed by atoms with Crippen molar-refractivity contribution in [3.63, 3.8) is 0 Å². The van der Waals surface area contributed by atoms with Crippen molar-refractivity contribution in [1.82, 2.24) is 4.90 Å². The maximum atomic E-state index is 12.6. The van der Waals surface area contributed by atoms with Crippen LogP contribution in [0.4, 0.5) is 8.78 Å². The number of amides is 1. The third-order valence-electron chi connectivity index (χ3n) is 3.91. The lowest BCUT2D eigenvalue weighted by Gasteiger charge is -2.33. The Morgan fingerprint density at radius 3 is 2.78 bits per heavy atom. The second-order valence-corrected chi connectivity index (χ2v) is 5.57. The molecule has 0 bridgehead atoms. The molecule has 7 heteroatoms. The second kappa shape index (κ2) is 7.89. The Bertz CT molecular complexity index is 565. The van der Waals surface area contributed by atoms with Crippen LogP contribution < -0.4 is 4.74 Å². The molecule has 5 nitrogen and oxygen atoms in total. The summed E-state index contributed by atoms with van der Waals surface area (Å²) in [6.45, 7) is -2.02. The zero-order valence-electron chi connectivity index (χ0n) is 12.6. The third kappa shape index (κ3) is 4.91. The van der Waals surface area contributed by atoms with Crippen LogP contribution in [0, 0.1) is 5.92 Å². The Morgan fingerprint density at radius 2 is 2.09 bits per heavy atom. The molecule has 0 radical (unpaired) electrons. The van der Waals surface area contributed by atoms with E-state index in [1.165, 1.54) is 18.2 Å². The molecule has 1 aliphatic rings. The summed E-state index contributed by atoms with van der Waals surface area (Å²) in [5.41, 5.74) is 0.103. The molecular formula is C16H19F2NO4. The van der Waals surface area contributed by atoms with Crippen molar-refractivity contribution in [1.29, 1.82) is 0 Å². The molecule has 1 N–H and O–H groups in total. The number of carboxylic acids is 1. The maximum Gasteiger partial charge on any atom is 0.387 e. The summed E-state index contributed by atoms with van der Waals surface area (Å²) in [5.74, 6) is -1.24. The van der Waals surface area contributed by atoms with E-state index in [2.05, 4.69) is 4.74 Å². The number of nitrogens with zero attached hydrogens (tertiary/aromatic N) is 1. The molecule has 1 aromatic rings.